The normalized spacial score (nSPS) is 21.9. The molecule has 6 heteroatoms. The zero-order chi connectivity index (χ0) is 12.5. The van der Waals surface area contributed by atoms with Crippen molar-refractivity contribution in [3.05, 3.63) is 29.3 Å². The number of nitrogens with one attached hydrogen (secondary N) is 1. The Morgan fingerprint density at radius 2 is 2.12 bits per heavy atom. The summed E-state index contributed by atoms with van der Waals surface area (Å²) in [6.45, 7) is 1.04. The summed E-state index contributed by atoms with van der Waals surface area (Å²) >= 11 is 5.94. The average Bonchev–Trinajstić information content (AvgIpc) is 2.78. The van der Waals surface area contributed by atoms with E-state index in [0.717, 1.165) is 6.42 Å². The van der Waals surface area contributed by atoms with Crippen LogP contribution in [0.3, 0.4) is 0 Å². The molecular weight excluding hydrogens is 260 g/mol. The fourth-order valence-corrected chi connectivity index (χ4v) is 3.97. The monoisotopic (exact) mass is 274 g/mol. The van der Waals surface area contributed by atoms with E-state index >= 15 is 0 Å². The van der Waals surface area contributed by atoms with Crippen molar-refractivity contribution in [2.45, 2.75) is 17.4 Å². The SMILES string of the molecule is CNC1CCN(S(=O)(=O)c2ccccc2Cl)C1. The van der Waals surface area contributed by atoms with Gasteiger partial charge in [0.15, 0.2) is 0 Å². The molecule has 1 saturated heterocycles. The number of rotatable bonds is 3. The molecule has 0 amide bonds. The molecule has 1 unspecified atom stereocenters. The van der Waals surface area contributed by atoms with E-state index in [1.54, 1.807) is 24.3 Å². The summed E-state index contributed by atoms with van der Waals surface area (Å²) in [6, 6.07) is 6.78. The van der Waals surface area contributed by atoms with Crippen molar-refractivity contribution in [1.29, 1.82) is 0 Å². The van der Waals surface area contributed by atoms with Crippen molar-refractivity contribution < 1.29 is 8.42 Å². The Kier molecular flexibility index (Phi) is 3.73. The molecule has 1 aromatic carbocycles. The standard InChI is InChI=1S/C11H15ClN2O2S/c1-13-9-6-7-14(8-9)17(15,16)11-5-3-2-4-10(11)12/h2-5,9,13H,6-8H2,1H3. The van der Waals surface area contributed by atoms with E-state index < -0.39 is 10.0 Å². The maximum absolute atomic E-state index is 12.3. The van der Waals surface area contributed by atoms with Gasteiger partial charge in [0.2, 0.25) is 10.0 Å². The average molecular weight is 275 g/mol. The molecule has 4 nitrogen and oxygen atoms in total. The molecule has 2 rings (SSSR count). The highest BCUT2D eigenvalue weighted by atomic mass is 35.5. The number of sulfonamides is 1. The van der Waals surface area contributed by atoms with Gasteiger partial charge in [0.1, 0.15) is 4.90 Å². The largest absolute Gasteiger partial charge is 0.316 e. The summed E-state index contributed by atoms with van der Waals surface area (Å²) in [6.07, 6.45) is 0.834. The van der Waals surface area contributed by atoms with Crippen LogP contribution in [0.2, 0.25) is 5.02 Å². The summed E-state index contributed by atoms with van der Waals surface area (Å²) in [5, 5.41) is 3.37. The number of nitrogens with zero attached hydrogens (tertiary/aromatic N) is 1. The van der Waals surface area contributed by atoms with E-state index in [9.17, 15) is 8.42 Å². The van der Waals surface area contributed by atoms with Crippen LogP contribution < -0.4 is 5.32 Å². The maximum Gasteiger partial charge on any atom is 0.244 e. The third-order valence-corrected chi connectivity index (χ3v) is 5.38. The number of halogens is 1. The highest BCUT2D eigenvalue weighted by molar-refractivity contribution is 7.89. The second-order valence-electron chi connectivity index (χ2n) is 4.07. The van der Waals surface area contributed by atoms with Crippen LogP contribution in [0.4, 0.5) is 0 Å². The molecule has 1 N–H and O–H groups in total. The summed E-state index contributed by atoms with van der Waals surface area (Å²) in [7, 11) is -1.61. The first-order valence-electron chi connectivity index (χ1n) is 5.47. The van der Waals surface area contributed by atoms with Crippen molar-refractivity contribution in [3.63, 3.8) is 0 Å². The molecule has 0 spiro atoms. The van der Waals surface area contributed by atoms with Gasteiger partial charge in [-0.1, -0.05) is 23.7 Å². The molecule has 1 aliphatic rings. The zero-order valence-corrected chi connectivity index (χ0v) is 11.1. The first-order chi connectivity index (χ1) is 8.05. The first kappa shape index (κ1) is 12.8. The fourth-order valence-electron chi connectivity index (χ4n) is 1.98. The molecular formula is C11H15ClN2O2S. The lowest BCUT2D eigenvalue weighted by Crippen LogP contribution is -2.33. The second kappa shape index (κ2) is 4.94. The predicted molar refractivity (Wildman–Crippen MR) is 67.7 cm³/mol. The third-order valence-electron chi connectivity index (χ3n) is 3.01. The predicted octanol–water partition coefficient (Wildman–Crippen LogP) is 1.32. The lowest BCUT2D eigenvalue weighted by atomic mass is 10.3. The Labute approximate surface area is 107 Å². The Morgan fingerprint density at radius 1 is 1.41 bits per heavy atom. The van der Waals surface area contributed by atoms with Gasteiger partial charge < -0.3 is 5.32 Å². The fraction of sp³-hybridized carbons (Fsp3) is 0.455. The van der Waals surface area contributed by atoms with Crippen LogP contribution in [0.5, 0.6) is 0 Å². The summed E-state index contributed by atoms with van der Waals surface area (Å²) < 4.78 is 26.1. The highest BCUT2D eigenvalue weighted by Gasteiger charge is 2.32. The molecule has 0 aliphatic carbocycles. The zero-order valence-electron chi connectivity index (χ0n) is 9.56. The third kappa shape index (κ3) is 2.47. The van der Waals surface area contributed by atoms with Crippen LogP contribution in [-0.4, -0.2) is 38.9 Å². The van der Waals surface area contributed by atoms with Gasteiger partial charge >= 0.3 is 0 Å². The van der Waals surface area contributed by atoms with Crippen LogP contribution >= 0.6 is 11.6 Å². The van der Waals surface area contributed by atoms with E-state index in [1.807, 2.05) is 7.05 Å². The molecule has 0 bridgehead atoms. The van der Waals surface area contributed by atoms with Gasteiger partial charge in [-0.15, -0.1) is 0 Å². The quantitative estimate of drug-likeness (QED) is 0.905. The molecule has 1 fully saturated rings. The van der Waals surface area contributed by atoms with E-state index in [4.69, 9.17) is 11.6 Å². The number of hydrogen-bond acceptors (Lipinski definition) is 3. The molecule has 94 valence electrons. The molecule has 1 aliphatic heterocycles. The molecule has 0 saturated carbocycles. The number of benzene rings is 1. The smallest absolute Gasteiger partial charge is 0.244 e. The molecule has 0 radical (unpaired) electrons. The Balaban J connectivity index is 2.29. The minimum Gasteiger partial charge on any atom is -0.316 e. The van der Waals surface area contributed by atoms with Crippen molar-refractivity contribution in [1.82, 2.24) is 9.62 Å². The van der Waals surface area contributed by atoms with Crippen molar-refractivity contribution in [3.8, 4) is 0 Å². The lowest BCUT2D eigenvalue weighted by Gasteiger charge is -2.17. The van der Waals surface area contributed by atoms with Crippen LogP contribution in [-0.2, 0) is 10.0 Å². The second-order valence-corrected chi connectivity index (χ2v) is 6.38. The molecule has 0 aromatic heterocycles. The summed E-state index contributed by atoms with van der Waals surface area (Å²) in [5.74, 6) is 0. The summed E-state index contributed by atoms with van der Waals surface area (Å²) in [4.78, 5) is 0.193. The minimum atomic E-state index is -3.45. The van der Waals surface area contributed by atoms with E-state index in [0.29, 0.717) is 13.1 Å². The van der Waals surface area contributed by atoms with Gasteiger partial charge in [-0.05, 0) is 25.6 Å². The molecule has 17 heavy (non-hydrogen) atoms. The lowest BCUT2D eigenvalue weighted by molar-refractivity contribution is 0.464. The topological polar surface area (TPSA) is 49.4 Å². The van der Waals surface area contributed by atoms with Crippen molar-refractivity contribution in [2.24, 2.45) is 0 Å². The van der Waals surface area contributed by atoms with Gasteiger partial charge in [-0.3, -0.25) is 0 Å². The van der Waals surface area contributed by atoms with Crippen LogP contribution in [0.1, 0.15) is 6.42 Å². The van der Waals surface area contributed by atoms with Gasteiger partial charge in [0.25, 0.3) is 0 Å². The minimum absolute atomic E-state index is 0.193. The van der Waals surface area contributed by atoms with Crippen LogP contribution in [0.25, 0.3) is 0 Å². The van der Waals surface area contributed by atoms with E-state index in [1.165, 1.54) is 4.31 Å². The Bertz CT molecular complexity index is 504. The van der Waals surface area contributed by atoms with Crippen molar-refractivity contribution >= 4 is 21.6 Å². The molecule has 1 heterocycles. The van der Waals surface area contributed by atoms with Gasteiger partial charge in [0.05, 0.1) is 5.02 Å². The number of hydrogen-bond donors (Lipinski definition) is 1. The Morgan fingerprint density at radius 3 is 2.71 bits per heavy atom. The van der Waals surface area contributed by atoms with E-state index in [-0.39, 0.29) is 16.0 Å². The van der Waals surface area contributed by atoms with E-state index in [2.05, 4.69) is 5.32 Å². The molecule has 1 aromatic rings. The molecule has 1 atom stereocenters. The maximum atomic E-state index is 12.3. The Hall–Kier alpha value is -0.620. The van der Waals surface area contributed by atoms with Crippen molar-refractivity contribution in [2.75, 3.05) is 20.1 Å². The van der Waals surface area contributed by atoms with Crippen LogP contribution in [0, 0.1) is 0 Å². The van der Waals surface area contributed by atoms with Gasteiger partial charge in [0, 0.05) is 19.1 Å². The summed E-state index contributed by atoms with van der Waals surface area (Å²) in [5.41, 5.74) is 0. The highest BCUT2D eigenvalue weighted by Crippen LogP contribution is 2.26. The first-order valence-corrected chi connectivity index (χ1v) is 7.29. The van der Waals surface area contributed by atoms with Gasteiger partial charge in [-0.25, -0.2) is 8.42 Å². The van der Waals surface area contributed by atoms with Gasteiger partial charge in [-0.2, -0.15) is 4.31 Å². The van der Waals surface area contributed by atoms with Crippen LogP contribution in [0.15, 0.2) is 29.2 Å². The number of likely N-dealkylation sites (N-methyl/N-ethyl adjacent to an activating group) is 1.